The summed E-state index contributed by atoms with van der Waals surface area (Å²) in [5.41, 5.74) is -0.150. The number of morpholine rings is 1. The van der Waals surface area contributed by atoms with Crippen LogP contribution >= 0.6 is 12.4 Å². The zero-order valence-electron chi connectivity index (χ0n) is 12.5. The van der Waals surface area contributed by atoms with Crippen LogP contribution in [0.15, 0.2) is 35.3 Å². The highest BCUT2D eigenvalue weighted by Crippen LogP contribution is 2.06. The second-order valence-electron chi connectivity index (χ2n) is 5.11. The molecule has 8 heteroatoms. The Hall–Kier alpha value is -1.96. The van der Waals surface area contributed by atoms with Crippen molar-refractivity contribution in [2.45, 2.75) is 12.6 Å². The molecule has 7 nitrogen and oxygen atoms in total. The van der Waals surface area contributed by atoms with Gasteiger partial charge in [-0.15, -0.1) is 12.4 Å². The number of ether oxygens (including phenoxy) is 1. The Morgan fingerprint density at radius 1 is 1.43 bits per heavy atom. The summed E-state index contributed by atoms with van der Waals surface area (Å²) in [6.45, 7) is 2.48. The lowest BCUT2D eigenvalue weighted by Crippen LogP contribution is -2.48. The third-order valence-electron chi connectivity index (χ3n) is 3.60. The molecule has 2 aromatic rings. The largest absolute Gasteiger partial charge is 0.366 e. The van der Waals surface area contributed by atoms with E-state index in [0.29, 0.717) is 31.6 Å². The van der Waals surface area contributed by atoms with E-state index in [9.17, 15) is 9.59 Å². The molecule has 1 saturated heterocycles. The summed E-state index contributed by atoms with van der Waals surface area (Å²) >= 11 is 0. The van der Waals surface area contributed by atoms with Gasteiger partial charge in [0, 0.05) is 25.0 Å². The molecule has 0 spiro atoms. The van der Waals surface area contributed by atoms with Crippen LogP contribution in [0.4, 0.5) is 0 Å². The van der Waals surface area contributed by atoms with Gasteiger partial charge in [-0.1, -0.05) is 18.2 Å². The quantitative estimate of drug-likeness (QED) is 0.814. The molecule has 1 aromatic heterocycles. The van der Waals surface area contributed by atoms with Crippen molar-refractivity contribution in [3.8, 4) is 0 Å². The van der Waals surface area contributed by atoms with Gasteiger partial charge in [0.05, 0.1) is 24.7 Å². The maximum atomic E-state index is 12.3. The zero-order chi connectivity index (χ0) is 15.4. The topological polar surface area (TPSA) is 85.2 Å². The Morgan fingerprint density at radius 2 is 2.26 bits per heavy atom. The number of nitrogens with zero attached hydrogens (tertiary/aromatic N) is 2. The van der Waals surface area contributed by atoms with Gasteiger partial charge in [-0.05, 0) is 6.07 Å². The number of halogens is 1. The van der Waals surface area contributed by atoms with Crippen LogP contribution in [-0.2, 0) is 16.1 Å². The minimum atomic E-state index is -0.463. The molecule has 1 atom stereocenters. The van der Waals surface area contributed by atoms with Crippen LogP contribution in [-0.4, -0.2) is 48.0 Å². The number of amides is 1. The molecule has 1 unspecified atom stereocenters. The lowest BCUT2D eigenvalue weighted by atomic mass is 10.2. The molecule has 1 aliphatic heterocycles. The molecule has 0 radical (unpaired) electrons. The minimum absolute atomic E-state index is 0. The molecule has 124 valence electrons. The van der Waals surface area contributed by atoms with E-state index in [0.717, 1.165) is 11.9 Å². The van der Waals surface area contributed by atoms with Crippen molar-refractivity contribution in [2.24, 2.45) is 0 Å². The van der Waals surface area contributed by atoms with E-state index in [1.165, 1.54) is 4.68 Å². The van der Waals surface area contributed by atoms with Crippen molar-refractivity contribution >= 4 is 29.1 Å². The number of aromatic nitrogens is 2. The van der Waals surface area contributed by atoms with E-state index >= 15 is 0 Å². The lowest BCUT2D eigenvalue weighted by Gasteiger charge is -2.22. The van der Waals surface area contributed by atoms with E-state index in [1.54, 1.807) is 12.3 Å². The first-order chi connectivity index (χ1) is 10.8. The number of rotatable bonds is 4. The highest BCUT2D eigenvalue weighted by Gasteiger charge is 2.21. The third-order valence-corrected chi connectivity index (χ3v) is 3.60. The first-order valence-electron chi connectivity index (χ1n) is 7.30. The Balaban J connectivity index is 0.00000192. The molecule has 3 rings (SSSR count). The monoisotopic (exact) mass is 338 g/mol. The highest BCUT2D eigenvalue weighted by atomic mass is 35.5. The van der Waals surface area contributed by atoms with Crippen molar-refractivity contribution in [3.05, 3.63) is 40.8 Å². The summed E-state index contributed by atoms with van der Waals surface area (Å²) in [5, 5.41) is 11.4. The molecular weight excluding hydrogens is 320 g/mol. The molecule has 0 bridgehead atoms. The standard InChI is InChI=1S/C15H18N4O3.ClH/c20-14(13-10-16-6-8-22-13)17-5-7-19-15(21)12-4-2-1-3-11(12)9-18-19;/h1-4,9,13,16H,5-8,10H2,(H,17,20);1H. The molecular formula is C15H19ClN4O3. The molecule has 0 saturated carbocycles. The predicted molar refractivity (Wildman–Crippen MR) is 88.9 cm³/mol. The molecule has 0 aliphatic carbocycles. The highest BCUT2D eigenvalue weighted by molar-refractivity contribution is 5.85. The number of fused-ring (bicyclic) bond motifs is 1. The van der Waals surface area contributed by atoms with Crippen molar-refractivity contribution in [1.29, 1.82) is 0 Å². The maximum Gasteiger partial charge on any atom is 0.274 e. The fraction of sp³-hybridized carbons (Fsp3) is 0.400. The first-order valence-corrected chi connectivity index (χ1v) is 7.30. The normalized spacial score (nSPS) is 17.5. The van der Waals surface area contributed by atoms with Crippen LogP contribution < -0.4 is 16.2 Å². The van der Waals surface area contributed by atoms with Gasteiger partial charge in [0.2, 0.25) is 0 Å². The van der Waals surface area contributed by atoms with Gasteiger partial charge in [0.1, 0.15) is 6.10 Å². The van der Waals surface area contributed by atoms with Gasteiger partial charge in [-0.2, -0.15) is 5.10 Å². The van der Waals surface area contributed by atoms with Gasteiger partial charge in [-0.25, -0.2) is 4.68 Å². The molecule has 1 amide bonds. The van der Waals surface area contributed by atoms with Crippen LogP contribution in [0, 0.1) is 0 Å². The summed E-state index contributed by atoms with van der Waals surface area (Å²) in [6, 6.07) is 7.31. The van der Waals surface area contributed by atoms with Crippen LogP contribution in [0.25, 0.3) is 10.8 Å². The summed E-state index contributed by atoms with van der Waals surface area (Å²) in [4.78, 5) is 24.2. The van der Waals surface area contributed by atoms with Crippen LogP contribution in [0.2, 0.25) is 0 Å². The average Bonchev–Trinajstić information content (AvgIpc) is 2.58. The summed E-state index contributed by atoms with van der Waals surface area (Å²) in [7, 11) is 0. The van der Waals surface area contributed by atoms with Gasteiger partial charge < -0.3 is 15.4 Å². The molecule has 1 fully saturated rings. The fourth-order valence-electron chi connectivity index (χ4n) is 2.42. The number of benzene rings is 1. The van der Waals surface area contributed by atoms with Crippen LogP contribution in [0.5, 0.6) is 0 Å². The van der Waals surface area contributed by atoms with Crippen LogP contribution in [0.3, 0.4) is 0 Å². The van der Waals surface area contributed by atoms with Crippen LogP contribution in [0.1, 0.15) is 0 Å². The Labute approximate surface area is 139 Å². The zero-order valence-corrected chi connectivity index (χ0v) is 13.3. The van der Waals surface area contributed by atoms with E-state index in [-0.39, 0.29) is 23.9 Å². The fourth-order valence-corrected chi connectivity index (χ4v) is 2.42. The Morgan fingerprint density at radius 3 is 3.04 bits per heavy atom. The smallest absolute Gasteiger partial charge is 0.274 e. The molecule has 2 heterocycles. The van der Waals surface area contributed by atoms with E-state index < -0.39 is 6.10 Å². The van der Waals surface area contributed by atoms with Crippen molar-refractivity contribution in [1.82, 2.24) is 20.4 Å². The van der Waals surface area contributed by atoms with E-state index in [4.69, 9.17) is 4.74 Å². The molecule has 1 aromatic carbocycles. The minimum Gasteiger partial charge on any atom is -0.366 e. The Kier molecular flexibility index (Phi) is 6.09. The predicted octanol–water partition coefficient (Wildman–Crippen LogP) is -0.0771. The van der Waals surface area contributed by atoms with Gasteiger partial charge in [0.25, 0.3) is 11.5 Å². The van der Waals surface area contributed by atoms with Gasteiger partial charge in [-0.3, -0.25) is 9.59 Å². The van der Waals surface area contributed by atoms with E-state index in [2.05, 4.69) is 15.7 Å². The molecule has 2 N–H and O–H groups in total. The van der Waals surface area contributed by atoms with E-state index in [1.807, 2.05) is 18.2 Å². The average molecular weight is 339 g/mol. The third kappa shape index (κ3) is 4.07. The van der Waals surface area contributed by atoms with Gasteiger partial charge >= 0.3 is 0 Å². The number of hydrogen-bond acceptors (Lipinski definition) is 5. The first kappa shape index (κ1) is 17.4. The Bertz CT molecular complexity index is 728. The van der Waals surface area contributed by atoms with Crippen molar-refractivity contribution in [3.63, 3.8) is 0 Å². The van der Waals surface area contributed by atoms with Crippen molar-refractivity contribution < 1.29 is 9.53 Å². The maximum absolute atomic E-state index is 12.3. The number of carbonyl (C=O) groups is 1. The second kappa shape index (κ2) is 8.05. The molecule has 23 heavy (non-hydrogen) atoms. The molecule has 1 aliphatic rings. The SMILES string of the molecule is Cl.O=C(NCCn1ncc2ccccc2c1=O)C1CNCCO1. The van der Waals surface area contributed by atoms with Crippen molar-refractivity contribution in [2.75, 3.05) is 26.2 Å². The van der Waals surface area contributed by atoms with Gasteiger partial charge in [0.15, 0.2) is 0 Å². The lowest BCUT2D eigenvalue weighted by molar-refractivity contribution is -0.134. The summed E-state index contributed by atoms with van der Waals surface area (Å²) < 4.78 is 6.73. The summed E-state index contributed by atoms with van der Waals surface area (Å²) in [5.74, 6) is -0.166. The number of carbonyl (C=O) groups excluding carboxylic acids is 1. The second-order valence-corrected chi connectivity index (χ2v) is 5.11. The summed E-state index contributed by atoms with van der Waals surface area (Å²) in [6.07, 6.45) is 1.20. The number of nitrogens with one attached hydrogen (secondary N) is 2. The number of hydrogen-bond donors (Lipinski definition) is 2.